The van der Waals surface area contributed by atoms with Crippen LogP contribution in [0.4, 0.5) is 0 Å². The SMILES string of the molecule is CC(C)CCC1CC(C)CC1N. The zero-order valence-corrected chi connectivity index (χ0v) is 8.72. The summed E-state index contributed by atoms with van der Waals surface area (Å²) in [4.78, 5) is 0. The first-order valence-electron chi connectivity index (χ1n) is 5.35. The van der Waals surface area contributed by atoms with E-state index in [1.165, 1.54) is 25.7 Å². The van der Waals surface area contributed by atoms with Crippen LogP contribution in [0.15, 0.2) is 0 Å². The van der Waals surface area contributed by atoms with Gasteiger partial charge in [-0.15, -0.1) is 0 Å². The van der Waals surface area contributed by atoms with Crippen LogP contribution < -0.4 is 5.73 Å². The van der Waals surface area contributed by atoms with E-state index in [0.29, 0.717) is 6.04 Å². The van der Waals surface area contributed by atoms with Crippen LogP contribution in [0.2, 0.25) is 0 Å². The van der Waals surface area contributed by atoms with Gasteiger partial charge in [0.1, 0.15) is 0 Å². The van der Waals surface area contributed by atoms with Crippen molar-refractivity contribution in [2.24, 2.45) is 23.5 Å². The van der Waals surface area contributed by atoms with Gasteiger partial charge < -0.3 is 5.73 Å². The zero-order chi connectivity index (χ0) is 9.14. The van der Waals surface area contributed by atoms with Crippen LogP contribution >= 0.6 is 0 Å². The average Bonchev–Trinajstić information content (AvgIpc) is 2.26. The highest BCUT2D eigenvalue weighted by atomic mass is 14.7. The van der Waals surface area contributed by atoms with Gasteiger partial charge in [0.15, 0.2) is 0 Å². The molecule has 0 spiro atoms. The fourth-order valence-electron chi connectivity index (χ4n) is 2.32. The van der Waals surface area contributed by atoms with Gasteiger partial charge in [-0.05, 0) is 37.0 Å². The molecular weight excluding hydrogens is 146 g/mol. The topological polar surface area (TPSA) is 26.0 Å². The van der Waals surface area contributed by atoms with E-state index in [1.54, 1.807) is 0 Å². The number of hydrogen-bond donors (Lipinski definition) is 1. The molecule has 0 radical (unpaired) electrons. The summed E-state index contributed by atoms with van der Waals surface area (Å²) in [7, 11) is 0. The summed E-state index contributed by atoms with van der Waals surface area (Å²) >= 11 is 0. The quantitative estimate of drug-likeness (QED) is 0.690. The number of hydrogen-bond acceptors (Lipinski definition) is 1. The Morgan fingerprint density at radius 2 is 2.00 bits per heavy atom. The lowest BCUT2D eigenvalue weighted by Crippen LogP contribution is -2.24. The Kier molecular flexibility index (Phi) is 3.57. The van der Waals surface area contributed by atoms with Gasteiger partial charge in [0.25, 0.3) is 0 Å². The highest BCUT2D eigenvalue weighted by molar-refractivity contribution is 4.84. The summed E-state index contributed by atoms with van der Waals surface area (Å²) in [6.07, 6.45) is 5.32. The highest BCUT2D eigenvalue weighted by Gasteiger charge is 2.28. The molecule has 0 amide bonds. The maximum atomic E-state index is 6.06. The lowest BCUT2D eigenvalue weighted by Gasteiger charge is -2.15. The predicted octanol–water partition coefficient (Wildman–Crippen LogP) is 2.80. The third kappa shape index (κ3) is 2.78. The normalized spacial score (nSPS) is 36.2. The smallest absolute Gasteiger partial charge is 0.00698 e. The van der Waals surface area contributed by atoms with Gasteiger partial charge in [0, 0.05) is 6.04 Å². The fourth-order valence-corrected chi connectivity index (χ4v) is 2.32. The molecule has 0 aromatic rings. The molecule has 3 atom stereocenters. The zero-order valence-electron chi connectivity index (χ0n) is 8.72. The molecule has 1 aliphatic carbocycles. The number of rotatable bonds is 3. The van der Waals surface area contributed by atoms with Crippen molar-refractivity contribution in [3.63, 3.8) is 0 Å². The molecule has 0 heterocycles. The molecule has 1 heteroatoms. The fraction of sp³-hybridized carbons (Fsp3) is 1.00. The summed E-state index contributed by atoms with van der Waals surface area (Å²) in [6, 6.07) is 0.499. The first-order chi connectivity index (χ1) is 5.59. The average molecular weight is 169 g/mol. The molecular formula is C11H23N. The molecule has 2 N–H and O–H groups in total. The van der Waals surface area contributed by atoms with Crippen molar-refractivity contribution in [2.45, 2.75) is 52.5 Å². The Morgan fingerprint density at radius 1 is 1.33 bits per heavy atom. The third-order valence-electron chi connectivity index (χ3n) is 3.10. The van der Waals surface area contributed by atoms with Gasteiger partial charge in [0.05, 0.1) is 0 Å². The summed E-state index contributed by atoms with van der Waals surface area (Å²) in [6.45, 7) is 6.92. The molecule has 0 bridgehead atoms. The van der Waals surface area contributed by atoms with Crippen molar-refractivity contribution >= 4 is 0 Å². The first kappa shape index (κ1) is 10.0. The second kappa shape index (κ2) is 4.27. The molecule has 12 heavy (non-hydrogen) atoms. The first-order valence-corrected chi connectivity index (χ1v) is 5.35. The van der Waals surface area contributed by atoms with Gasteiger partial charge in [-0.3, -0.25) is 0 Å². The summed E-state index contributed by atoms with van der Waals surface area (Å²) in [5.74, 6) is 2.53. The minimum absolute atomic E-state index is 0.499. The van der Waals surface area contributed by atoms with Crippen molar-refractivity contribution in [3.8, 4) is 0 Å². The second-order valence-electron chi connectivity index (χ2n) is 4.97. The molecule has 1 aliphatic rings. The van der Waals surface area contributed by atoms with Crippen molar-refractivity contribution in [2.75, 3.05) is 0 Å². The number of nitrogens with two attached hydrogens (primary N) is 1. The van der Waals surface area contributed by atoms with Crippen LogP contribution in [0.5, 0.6) is 0 Å². The van der Waals surface area contributed by atoms with Gasteiger partial charge in [0.2, 0.25) is 0 Å². The summed E-state index contributed by atoms with van der Waals surface area (Å²) < 4.78 is 0. The van der Waals surface area contributed by atoms with Crippen LogP contribution in [-0.4, -0.2) is 6.04 Å². The molecule has 3 unspecified atom stereocenters. The molecule has 0 aromatic carbocycles. The maximum absolute atomic E-state index is 6.06. The Hall–Kier alpha value is -0.0400. The molecule has 0 saturated heterocycles. The van der Waals surface area contributed by atoms with Crippen molar-refractivity contribution < 1.29 is 0 Å². The second-order valence-corrected chi connectivity index (χ2v) is 4.97. The molecule has 72 valence electrons. The van der Waals surface area contributed by atoms with Crippen LogP contribution in [-0.2, 0) is 0 Å². The van der Waals surface area contributed by atoms with Gasteiger partial charge >= 0.3 is 0 Å². The standard InChI is InChI=1S/C11H23N/c1-8(2)4-5-10-6-9(3)7-11(10)12/h8-11H,4-7,12H2,1-3H3. The van der Waals surface area contributed by atoms with Crippen LogP contribution in [0.3, 0.4) is 0 Å². The Balaban J connectivity index is 2.23. The molecule has 1 fully saturated rings. The van der Waals surface area contributed by atoms with E-state index in [0.717, 1.165) is 17.8 Å². The van der Waals surface area contributed by atoms with Gasteiger partial charge in [-0.2, -0.15) is 0 Å². The monoisotopic (exact) mass is 169 g/mol. The molecule has 1 rings (SSSR count). The largest absolute Gasteiger partial charge is 0.327 e. The lowest BCUT2D eigenvalue weighted by molar-refractivity contribution is 0.393. The molecule has 0 aliphatic heterocycles. The van der Waals surface area contributed by atoms with Gasteiger partial charge in [-0.1, -0.05) is 27.2 Å². The van der Waals surface area contributed by atoms with Crippen molar-refractivity contribution in [1.29, 1.82) is 0 Å². The van der Waals surface area contributed by atoms with E-state index in [4.69, 9.17) is 5.73 Å². The van der Waals surface area contributed by atoms with E-state index < -0.39 is 0 Å². The Morgan fingerprint density at radius 3 is 2.42 bits per heavy atom. The van der Waals surface area contributed by atoms with E-state index in [1.807, 2.05) is 0 Å². The van der Waals surface area contributed by atoms with Crippen LogP contribution in [0.25, 0.3) is 0 Å². The minimum Gasteiger partial charge on any atom is -0.327 e. The molecule has 1 saturated carbocycles. The Bertz CT molecular complexity index is 131. The maximum Gasteiger partial charge on any atom is 0.00698 e. The van der Waals surface area contributed by atoms with E-state index in [9.17, 15) is 0 Å². The minimum atomic E-state index is 0.499. The van der Waals surface area contributed by atoms with Crippen molar-refractivity contribution in [3.05, 3.63) is 0 Å². The van der Waals surface area contributed by atoms with Crippen LogP contribution in [0, 0.1) is 17.8 Å². The molecule has 1 nitrogen and oxygen atoms in total. The Labute approximate surface area is 76.7 Å². The summed E-state index contributed by atoms with van der Waals surface area (Å²) in [5, 5.41) is 0. The van der Waals surface area contributed by atoms with E-state index in [-0.39, 0.29) is 0 Å². The molecule has 0 aromatic heterocycles. The summed E-state index contributed by atoms with van der Waals surface area (Å²) in [5.41, 5.74) is 6.06. The lowest BCUT2D eigenvalue weighted by atomic mass is 9.94. The van der Waals surface area contributed by atoms with Gasteiger partial charge in [-0.25, -0.2) is 0 Å². The highest BCUT2D eigenvalue weighted by Crippen LogP contribution is 2.33. The van der Waals surface area contributed by atoms with E-state index >= 15 is 0 Å². The predicted molar refractivity (Wildman–Crippen MR) is 53.9 cm³/mol. The van der Waals surface area contributed by atoms with Crippen LogP contribution in [0.1, 0.15) is 46.5 Å². The third-order valence-corrected chi connectivity index (χ3v) is 3.10. The van der Waals surface area contributed by atoms with Crippen molar-refractivity contribution in [1.82, 2.24) is 0 Å². The van der Waals surface area contributed by atoms with E-state index in [2.05, 4.69) is 20.8 Å².